The average molecular weight is 410 g/mol. The van der Waals surface area contributed by atoms with E-state index in [9.17, 15) is 8.42 Å². The van der Waals surface area contributed by atoms with Crippen LogP contribution < -0.4 is 15.2 Å². The molecule has 0 radical (unpaired) electrons. The predicted octanol–water partition coefficient (Wildman–Crippen LogP) is 3.17. The highest BCUT2D eigenvalue weighted by Gasteiger charge is 2.23. The molecule has 7 nitrogen and oxygen atoms in total. The molecule has 1 aromatic heterocycles. The van der Waals surface area contributed by atoms with E-state index in [4.69, 9.17) is 9.88 Å². The molecular weight excluding hydrogens is 388 g/mol. The molecule has 0 aliphatic heterocycles. The van der Waals surface area contributed by atoms with Crippen molar-refractivity contribution in [3.63, 3.8) is 0 Å². The quantitative estimate of drug-likeness (QED) is 0.646. The number of para-hydroxylation sites is 1. The van der Waals surface area contributed by atoms with Gasteiger partial charge >= 0.3 is 0 Å². The number of hydrogen-bond acceptors (Lipinski definition) is 6. The Morgan fingerprint density at radius 2 is 1.76 bits per heavy atom. The van der Waals surface area contributed by atoms with Crippen LogP contribution in [0.5, 0.6) is 5.75 Å². The third-order valence-corrected chi connectivity index (χ3v) is 5.72. The Kier molecular flexibility index (Phi) is 5.21. The van der Waals surface area contributed by atoms with E-state index in [1.165, 1.54) is 5.56 Å². The minimum Gasteiger partial charge on any atom is -0.496 e. The van der Waals surface area contributed by atoms with Crippen molar-refractivity contribution in [3.05, 3.63) is 65.2 Å². The zero-order valence-corrected chi connectivity index (χ0v) is 16.9. The van der Waals surface area contributed by atoms with Crippen molar-refractivity contribution >= 4 is 21.5 Å². The monoisotopic (exact) mass is 410 g/mol. The first-order valence-electron chi connectivity index (χ1n) is 9.33. The average Bonchev–Trinajstić information content (AvgIpc) is 3.19. The lowest BCUT2D eigenvalue weighted by molar-refractivity contribution is 0.416. The fourth-order valence-corrected chi connectivity index (χ4v) is 4.35. The van der Waals surface area contributed by atoms with E-state index in [-0.39, 0.29) is 5.75 Å². The molecule has 3 N–H and O–H groups in total. The van der Waals surface area contributed by atoms with Gasteiger partial charge in [0.1, 0.15) is 11.4 Å². The number of ether oxygens (including phenoxy) is 1. The molecule has 8 heteroatoms. The Labute approximate surface area is 170 Å². The summed E-state index contributed by atoms with van der Waals surface area (Å²) >= 11 is 0. The number of benzene rings is 2. The summed E-state index contributed by atoms with van der Waals surface area (Å²) < 4.78 is 28.0. The minimum absolute atomic E-state index is 0.184. The first-order valence-corrected chi connectivity index (χ1v) is 11.0. The Morgan fingerprint density at radius 1 is 1.03 bits per heavy atom. The lowest BCUT2D eigenvalue weighted by Gasteiger charge is -2.14. The molecule has 150 valence electrons. The zero-order chi connectivity index (χ0) is 20.4. The summed E-state index contributed by atoms with van der Waals surface area (Å²) in [5, 5.41) is 17.4. The molecule has 1 aliphatic rings. The van der Waals surface area contributed by atoms with Crippen LogP contribution >= 0.6 is 0 Å². The second-order valence-electron chi connectivity index (χ2n) is 7.04. The molecule has 29 heavy (non-hydrogen) atoms. The van der Waals surface area contributed by atoms with E-state index in [0.717, 1.165) is 53.3 Å². The third-order valence-electron chi connectivity index (χ3n) is 4.99. The molecule has 2 aromatic carbocycles. The van der Waals surface area contributed by atoms with Gasteiger partial charge in [-0.25, -0.2) is 13.6 Å². The molecule has 4 rings (SSSR count). The molecule has 3 aromatic rings. The largest absolute Gasteiger partial charge is 0.496 e. The van der Waals surface area contributed by atoms with Crippen LogP contribution in [-0.2, 0) is 28.6 Å². The maximum Gasteiger partial charge on any atom is 0.213 e. The number of rotatable bonds is 6. The smallest absolute Gasteiger partial charge is 0.213 e. The number of fused-ring (bicyclic) bond motifs is 1. The van der Waals surface area contributed by atoms with E-state index in [0.29, 0.717) is 5.56 Å². The number of methoxy groups -OCH3 is 1. The second-order valence-corrected chi connectivity index (χ2v) is 8.65. The molecule has 0 atom stereocenters. The minimum atomic E-state index is -3.55. The van der Waals surface area contributed by atoms with Gasteiger partial charge in [-0.2, -0.15) is 0 Å². The van der Waals surface area contributed by atoms with Crippen molar-refractivity contribution in [2.75, 3.05) is 12.4 Å². The lowest BCUT2D eigenvalue weighted by atomic mass is 10.0. The van der Waals surface area contributed by atoms with Crippen molar-refractivity contribution in [2.24, 2.45) is 5.14 Å². The predicted molar refractivity (Wildman–Crippen MR) is 113 cm³/mol. The molecule has 1 aliphatic carbocycles. The Hall–Kier alpha value is -2.97. The van der Waals surface area contributed by atoms with Crippen molar-refractivity contribution in [3.8, 4) is 17.0 Å². The molecule has 0 bridgehead atoms. The fraction of sp³-hybridized carbons (Fsp3) is 0.238. The first kappa shape index (κ1) is 19.4. The number of anilines is 2. The van der Waals surface area contributed by atoms with Crippen molar-refractivity contribution < 1.29 is 13.2 Å². The summed E-state index contributed by atoms with van der Waals surface area (Å²) in [7, 11) is -1.89. The lowest BCUT2D eigenvalue weighted by Crippen LogP contribution is -2.14. The second kappa shape index (κ2) is 7.81. The van der Waals surface area contributed by atoms with E-state index in [1.54, 1.807) is 19.2 Å². The first-order chi connectivity index (χ1) is 13.9. The van der Waals surface area contributed by atoms with Crippen LogP contribution in [0.25, 0.3) is 11.3 Å². The molecular formula is C21H22N4O3S. The number of aromatic nitrogens is 2. The Balaban J connectivity index is 1.64. The van der Waals surface area contributed by atoms with Gasteiger partial charge in [-0.3, -0.25) is 0 Å². The van der Waals surface area contributed by atoms with Crippen LogP contribution in [0.2, 0.25) is 0 Å². The van der Waals surface area contributed by atoms with Crippen molar-refractivity contribution in [1.29, 1.82) is 0 Å². The fourth-order valence-electron chi connectivity index (χ4n) is 3.70. The summed E-state index contributed by atoms with van der Waals surface area (Å²) in [4.78, 5) is 0. The van der Waals surface area contributed by atoms with Crippen LogP contribution in [0.1, 0.15) is 23.1 Å². The van der Waals surface area contributed by atoms with Gasteiger partial charge in [-0.05, 0) is 54.7 Å². The molecule has 1 heterocycles. The standard InChI is InChI=1S/C21H22N4O3S/c1-28-19-8-3-2-5-18(19)20-16-6-4-7-17(16)21(25-24-20)23-15-11-9-14(10-12-15)13-29(22,26)27/h2-3,5,8-12H,4,6-7,13H2,1H3,(H,23,25)(H2,22,26,27). The maximum atomic E-state index is 11.2. The highest BCUT2D eigenvalue weighted by atomic mass is 32.2. The number of nitrogens with zero attached hydrogens (tertiary/aromatic N) is 2. The molecule has 0 unspecified atom stereocenters. The topological polar surface area (TPSA) is 107 Å². The van der Waals surface area contributed by atoms with E-state index in [1.807, 2.05) is 36.4 Å². The van der Waals surface area contributed by atoms with Gasteiger partial charge in [0.15, 0.2) is 5.82 Å². The van der Waals surface area contributed by atoms with E-state index in [2.05, 4.69) is 15.5 Å². The van der Waals surface area contributed by atoms with Crippen molar-refractivity contribution in [2.45, 2.75) is 25.0 Å². The van der Waals surface area contributed by atoms with E-state index >= 15 is 0 Å². The van der Waals surface area contributed by atoms with Gasteiger partial charge in [0.05, 0.1) is 12.9 Å². The van der Waals surface area contributed by atoms with Gasteiger partial charge in [-0.15, -0.1) is 10.2 Å². The highest BCUT2D eigenvalue weighted by Crippen LogP contribution is 2.38. The molecule has 0 amide bonds. The maximum absolute atomic E-state index is 11.2. The summed E-state index contributed by atoms with van der Waals surface area (Å²) in [5.74, 6) is 1.33. The number of nitrogens with two attached hydrogens (primary N) is 1. The molecule has 0 saturated carbocycles. The zero-order valence-electron chi connectivity index (χ0n) is 16.1. The van der Waals surface area contributed by atoms with Crippen LogP contribution in [0, 0.1) is 0 Å². The van der Waals surface area contributed by atoms with Gasteiger partial charge in [0.25, 0.3) is 0 Å². The number of sulfonamides is 1. The van der Waals surface area contributed by atoms with Gasteiger partial charge in [-0.1, -0.05) is 24.3 Å². The Morgan fingerprint density at radius 3 is 2.48 bits per heavy atom. The molecule has 0 fully saturated rings. The highest BCUT2D eigenvalue weighted by molar-refractivity contribution is 7.88. The summed E-state index contributed by atoms with van der Waals surface area (Å²) in [6.07, 6.45) is 2.92. The van der Waals surface area contributed by atoms with Crippen molar-refractivity contribution in [1.82, 2.24) is 10.2 Å². The summed E-state index contributed by atoms with van der Waals surface area (Å²) in [6, 6.07) is 14.9. The van der Waals surface area contributed by atoms with E-state index < -0.39 is 10.0 Å². The van der Waals surface area contributed by atoms with Crippen LogP contribution in [0.3, 0.4) is 0 Å². The summed E-state index contributed by atoms with van der Waals surface area (Å²) in [6.45, 7) is 0. The SMILES string of the molecule is COc1ccccc1-c1nnc(Nc2ccc(CS(N)(=O)=O)cc2)c2c1CCC2. The van der Waals surface area contributed by atoms with Crippen LogP contribution in [0.15, 0.2) is 48.5 Å². The van der Waals surface area contributed by atoms with Gasteiger partial charge in [0, 0.05) is 16.8 Å². The number of primary sulfonamides is 1. The normalized spacial score (nSPS) is 13.2. The summed E-state index contributed by atoms with van der Waals surface area (Å²) in [5.41, 5.74) is 5.62. The van der Waals surface area contributed by atoms with Crippen LogP contribution in [0.4, 0.5) is 11.5 Å². The van der Waals surface area contributed by atoms with Gasteiger partial charge < -0.3 is 10.1 Å². The Bertz CT molecular complexity index is 1150. The molecule has 0 saturated heterocycles. The number of nitrogens with one attached hydrogen (secondary N) is 1. The van der Waals surface area contributed by atoms with Crippen LogP contribution in [-0.4, -0.2) is 25.7 Å². The molecule has 0 spiro atoms. The third kappa shape index (κ3) is 4.23. The number of hydrogen-bond donors (Lipinski definition) is 2. The van der Waals surface area contributed by atoms with Gasteiger partial charge in [0.2, 0.25) is 10.0 Å².